The number of nitrogens with one attached hydrogen (secondary N) is 1. The van der Waals surface area contributed by atoms with Crippen LogP contribution in [0.2, 0.25) is 0 Å². The van der Waals surface area contributed by atoms with E-state index in [0.29, 0.717) is 12.3 Å². The van der Waals surface area contributed by atoms with E-state index in [1.807, 2.05) is 18.2 Å². The fourth-order valence-electron chi connectivity index (χ4n) is 3.34. The average molecular weight is 307 g/mol. The normalized spacial score (nSPS) is 15.3. The van der Waals surface area contributed by atoms with E-state index >= 15 is 0 Å². The molecule has 0 unspecified atom stereocenters. The molecule has 2 heteroatoms. The molecule has 0 saturated heterocycles. The van der Waals surface area contributed by atoms with Crippen molar-refractivity contribution in [3.63, 3.8) is 0 Å². The Labute approximate surface area is 138 Å². The highest BCUT2D eigenvalue weighted by molar-refractivity contribution is 5.78. The van der Waals surface area contributed by atoms with Gasteiger partial charge in [-0.1, -0.05) is 73.9 Å². The Hall–Kier alpha value is -2.09. The maximum Gasteiger partial charge on any atom is 0.224 e. The molecule has 0 aliphatic heterocycles. The van der Waals surface area contributed by atoms with Crippen molar-refractivity contribution in [3.05, 3.63) is 60.2 Å². The SMILES string of the molecule is O=C(Cc1ccc(-c2ccccc2)cc1)NCC1CCCCC1. The van der Waals surface area contributed by atoms with Gasteiger partial charge in [0.25, 0.3) is 0 Å². The minimum Gasteiger partial charge on any atom is -0.356 e. The summed E-state index contributed by atoms with van der Waals surface area (Å²) in [6.07, 6.45) is 7.01. The molecule has 2 aromatic carbocycles. The van der Waals surface area contributed by atoms with Crippen LogP contribution in [0.1, 0.15) is 37.7 Å². The van der Waals surface area contributed by atoms with Crippen molar-refractivity contribution in [1.29, 1.82) is 0 Å². The first-order chi connectivity index (χ1) is 11.3. The number of amides is 1. The van der Waals surface area contributed by atoms with Gasteiger partial charge in [-0.05, 0) is 35.4 Å². The van der Waals surface area contributed by atoms with Gasteiger partial charge in [-0.25, -0.2) is 0 Å². The Morgan fingerprint density at radius 2 is 1.52 bits per heavy atom. The van der Waals surface area contributed by atoms with E-state index < -0.39 is 0 Å². The van der Waals surface area contributed by atoms with Crippen LogP contribution in [-0.2, 0) is 11.2 Å². The molecule has 120 valence electrons. The summed E-state index contributed by atoms with van der Waals surface area (Å²) in [5, 5.41) is 3.11. The molecule has 1 fully saturated rings. The topological polar surface area (TPSA) is 29.1 Å². The highest BCUT2D eigenvalue weighted by Gasteiger charge is 2.14. The number of hydrogen-bond acceptors (Lipinski definition) is 1. The molecule has 0 heterocycles. The maximum atomic E-state index is 12.1. The fourth-order valence-corrected chi connectivity index (χ4v) is 3.34. The molecule has 2 aromatic rings. The van der Waals surface area contributed by atoms with Crippen molar-refractivity contribution < 1.29 is 4.79 Å². The van der Waals surface area contributed by atoms with Crippen molar-refractivity contribution in [2.45, 2.75) is 38.5 Å². The standard InChI is InChI=1S/C21H25NO/c23-21(22-16-18-7-3-1-4-8-18)15-17-11-13-20(14-12-17)19-9-5-2-6-10-19/h2,5-6,9-14,18H,1,3-4,7-8,15-16H2,(H,22,23). The third-order valence-corrected chi connectivity index (χ3v) is 4.74. The van der Waals surface area contributed by atoms with Crippen molar-refractivity contribution in [2.75, 3.05) is 6.54 Å². The lowest BCUT2D eigenvalue weighted by Crippen LogP contribution is -2.31. The number of hydrogen-bond donors (Lipinski definition) is 1. The van der Waals surface area contributed by atoms with Gasteiger partial charge in [-0.2, -0.15) is 0 Å². The van der Waals surface area contributed by atoms with Crippen LogP contribution in [0.25, 0.3) is 11.1 Å². The predicted molar refractivity (Wildman–Crippen MR) is 95.2 cm³/mol. The van der Waals surface area contributed by atoms with Crippen LogP contribution >= 0.6 is 0 Å². The zero-order valence-corrected chi connectivity index (χ0v) is 13.6. The summed E-state index contributed by atoms with van der Waals surface area (Å²) in [5.74, 6) is 0.830. The lowest BCUT2D eigenvalue weighted by atomic mass is 9.89. The molecule has 1 aliphatic rings. The molecular weight excluding hydrogens is 282 g/mol. The summed E-state index contributed by atoms with van der Waals surface area (Å²) in [6.45, 7) is 0.848. The summed E-state index contributed by atoms with van der Waals surface area (Å²) in [6, 6.07) is 18.6. The average Bonchev–Trinajstić information content (AvgIpc) is 2.62. The molecule has 0 radical (unpaired) electrons. The lowest BCUT2D eigenvalue weighted by molar-refractivity contribution is -0.120. The van der Waals surface area contributed by atoms with E-state index in [0.717, 1.165) is 12.1 Å². The van der Waals surface area contributed by atoms with Gasteiger partial charge in [-0.15, -0.1) is 0 Å². The number of rotatable bonds is 5. The molecule has 1 saturated carbocycles. The summed E-state index contributed by atoms with van der Waals surface area (Å²) in [4.78, 5) is 12.1. The Bertz CT molecular complexity index is 612. The monoisotopic (exact) mass is 307 g/mol. The second kappa shape index (κ2) is 7.96. The van der Waals surface area contributed by atoms with Crippen LogP contribution in [0.15, 0.2) is 54.6 Å². The van der Waals surface area contributed by atoms with Crippen molar-refractivity contribution in [2.24, 2.45) is 5.92 Å². The molecule has 1 amide bonds. The van der Waals surface area contributed by atoms with E-state index in [1.54, 1.807) is 0 Å². The van der Waals surface area contributed by atoms with Gasteiger partial charge < -0.3 is 5.32 Å². The van der Waals surface area contributed by atoms with Crippen LogP contribution in [-0.4, -0.2) is 12.5 Å². The highest BCUT2D eigenvalue weighted by Crippen LogP contribution is 2.23. The quantitative estimate of drug-likeness (QED) is 0.860. The molecule has 1 N–H and O–H groups in total. The van der Waals surface area contributed by atoms with Gasteiger partial charge in [0.2, 0.25) is 5.91 Å². The summed E-state index contributed by atoms with van der Waals surface area (Å²) in [7, 11) is 0. The van der Waals surface area contributed by atoms with E-state index in [4.69, 9.17) is 0 Å². The van der Waals surface area contributed by atoms with Gasteiger partial charge in [-0.3, -0.25) is 4.79 Å². The summed E-state index contributed by atoms with van der Waals surface area (Å²) in [5.41, 5.74) is 3.48. The molecule has 0 atom stereocenters. The van der Waals surface area contributed by atoms with E-state index in [9.17, 15) is 4.79 Å². The molecule has 1 aliphatic carbocycles. The number of benzene rings is 2. The zero-order chi connectivity index (χ0) is 15.9. The Morgan fingerprint density at radius 3 is 2.22 bits per heavy atom. The van der Waals surface area contributed by atoms with Gasteiger partial charge in [0.1, 0.15) is 0 Å². The van der Waals surface area contributed by atoms with Gasteiger partial charge >= 0.3 is 0 Å². The van der Waals surface area contributed by atoms with Crippen LogP contribution in [0.5, 0.6) is 0 Å². The second-order valence-corrected chi connectivity index (χ2v) is 6.55. The Morgan fingerprint density at radius 1 is 0.870 bits per heavy atom. The third-order valence-electron chi connectivity index (χ3n) is 4.74. The van der Waals surface area contributed by atoms with Crippen LogP contribution in [0.3, 0.4) is 0 Å². The third kappa shape index (κ3) is 4.69. The van der Waals surface area contributed by atoms with E-state index in [1.165, 1.54) is 43.2 Å². The summed E-state index contributed by atoms with van der Waals surface area (Å²) >= 11 is 0. The first-order valence-electron chi connectivity index (χ1n) is 8.72. The van der Waals surface area contributed by atoms with Gasteiger partial charge in [0, 0.05) is 6.54 Å². The molecule has 3 rings (SSSR count). The van der Waals surface area contributed by atoms with E-state index in [-0.39, 0.29) is 5.91 Å². The molecular formula is C21H25NO. The first-order valence-corrected chi connectivity index (χ1v) is 8.72. The second-order valence-electron chi connectivity index (χ2n) is 6.55. The number of carbonyl (C=O) groups excluding carboxylic acids is 1. The molecule has 0 spiro atoms. The molecule has 2 nitrogen and oxygen atoms in total. The minimum absolute atomic E-state index is 0.142. The van der Waals surface area contributed by atoms with Crippen molar-refractivity contribution in [3.8, 4) is 11.1 Å². The zero-order valence-electron chi connectivity index (χ0n) is 13.6. The molecule has 0 aromatic heterocycles. The van der Waals surface area contributed by atoms with Crippen LogP contribution in [0, 0.1) is 5.92 Å². The maximum absolute atomic E-state index is 12.1. The van der Waals surface area contributed by atoms with Gasteiger partial charge in [0.05, 0.1) is 6.42 Å². The van der Waals surface area contributed by atoms with Crippen LogP contribution in [0.4, 0.5) is 0 Å². The van der Waals surface area contributed by atoms with Crippen LogP contribution < -0.4 is 5.32 Å². The lowest BCUT2D eigenvalue weighted by Gasteiger charge is -2.21. The van der Waals surface area contributed by atoms with E-state index in [2.05, 4.69) is 41.7 Å². The van der Waals surface area contributed by atoms with Gasteiger partial charge in [0.15, 0.2) is 0 Å². The Kier molecular flexibility index (Phi) is 5.46. The first kappa shape index (κ1) is 15.8. The molecule has 0 bridgehead atoms. The number of carbonyl (C=O) groups is 1. The fraction of sp³-hybridized carbons (Fsp3) is 0.381. The minimum atomic E-state index is 0.142. The predicted octanol–water partition coefficient (Wildman–Crippen LogP) is 4.59. The van der Waals surface area contributed by atoms with Crippen molar-refractivity contribution >= 4 is 5.91 Å². The van der Waals surface area contributed by atoms with Crippen molar-refractivity contribution in [1.82, 2.24) is 5.32 Å². The smallest absolute Gasteiger partial charge is 0.224 e. The highest BCUT2D eigenvalue weighted by atomic mass is 16.1. The molecule has 23 heavy (non-hydrogen) atoms. The summed E-state index contributed by atoms with van der Waals surface area (Å²) < 4.78 is 0. The largest absolute Gasteiger partial charge is 0.356 e. The Balaban J connectivity index is 1.50.